The average Bonchev–Trinajstić information content (AvgIpc) is 0.843. The van der Waals surface area contributed by atoms with Gasteiger partial charge in [-0.3, -0.25) is 0 Å². The summed E-state index contributed by atoms with van der Waals surface area (Å²) in [7, 11) is 12.5. The van der Waals surface area contributed by atoms with Crippen molar-refractivity contribution in [3.63, 3.8) is 0 Å². The third kappa shape index (κ3) is 18.2. The first-order valence-electron chi connectivity index (χ1n) is 35.0. The molecular formula is C90H108N6+6. The maximum absolute atomic E-state index is 7.46. The van der Waals surface area contributed by atoms with Gasteiger partial charge in [0.2, 0.25) is 34.2 Å². The van der Waals surface area contributed by atoms with Crippen molar-refractivity contribution in [1.29, 1.82) is 0 Å². The van der Waals surface area contributed by atoms with Crippen LogP contribution in [0.4, 0.5) is 0 Å². The second-order valence-electron chi connectivity index (χ2n) is 26.3. The van der Waals surface area contributed by atoms with Gasteiger partial charge in [-0.05, 0) is 228 Å². The standard InChI is InChI=1S/6C15H18N/c1-11-7-5-9-14(13(11)3)15-10-6-8-12(2)16(15)4;2*1-11-7-5-8-12(2)14(11)15-13(3)9-6-10-16(15)4;2*1-11-7-8-12(2)14(10-11)15-13(3)6-5-9-16(15)4;1-11-7-8-14(13(3)10-11)15-12(2)6-5-9-16(15)4/h6*5-10H,1-4H3/q6*+1/i;;;;;1D3. The maximum Gasteiger partial charge on any atom is 0.215 e. The molecule has 6 heterocycles. The summed E-state index contributed by atoms with van der Waals surface area (Å²) in [6, 6.07) is 65.5. The van der Waals surface area contributed by atoms with E-state index in [4.69, 9.17) is 4.11 Å². The molecule has 0 saturated carbocycles. The third-order valence-corrected chi connectivity index (χ3v) is 18.5. The van der Waals surface area contributed by atoms with E-state index in [-0.39, 0.29) is 0 Å². The van der Waals surface area contributed by atoms with Gasteiger partial charge >= 0.3 is 0 Å². The number of rotatable bonds is 6. The molecular weight excluding hydrogens is 1170 g/mol. The van der Waals surface area contributed by atoms with Crippen LogP contribution in [-0.4, -0.2) is 0 Å². The number of nitrogens with zero attached hydrogens (tertiary/aromatic N) is 6. The Kier molecular flexibility index (Phi) is 24.1. The van der Waals surface area contributed by atoms with Crippen LogP contribution in [0.1, 0.15) is 104 Å². The van der Waals surface area contributed by atoms with Crippen LogP contribution in [0.5, 0.6) is 0 Å². The van der Waals surface area contributed by atoms with Crippen molar-refractivity contribution < 1.29 is 31.5 Å². The molecule has 6 heteroatoms. The van der Waals surface area contributed by atoms with Gasteiger partial charge in [0.1, 0.15) is 42.3 Å². The minimum Gasteiger partial charge on any atom is -0.201 e. The molecule has 96 heavy (non-hydrogen) atoms. The van der Waals surface area contributed by atoms with Crippen molar-refractivity contribution in [2.45, 2.75) is 125 Å². The molecule has 6 nitrogen and oxygen atoms in total. The van der Waals surface area contributed by atoms with Crippen LogP contribution in [-0.2, 0) is 42.3 Å². The Morgan fingerprint density at radius 3 is 0.927 bits per heavy atom. The Morgan fingerprint density at radius 2 is 0.562 bits per heavy atom. The molecule has 0 bridgehead atoms. The van der Waals surface area contributed by atoms with Crippen LogP contribution in [0.25, 0.3) is 67.5 Å². The van der Waals surface area contributed by atoms with Crippen LogP contribution < -0.4 is 27.4 Å². The fourth-order valence-corrected chi connectivity index (χ4v) is 13.0. The normalized spacial score (nSPS) is 11.1. The predicted octanol–water partition coefficient (Wildman–Crippen LogP) is 18.6. The van der Waals surface area contributed by atoms with Gasteiger partial charge < -0.3 is 0 Å². The Labute approximate surface area is 582 Å². The fourth-order valence-electron chi connectivity index (χ4n) is 13.0. The fraction of sp³-hybridized carbons (Fsp3) is 0.267. The molecule has 6 aromatic carbocycles. The molecule has 492 valence electrons. The number of benzene rings is 6. The Morgan fingerprint density at radius 1 is 0.240 bits per heavy atom. The molecule has 12 aromatic rings. The molecule has 0 aliphatic heterocycles. The summed E-state index contributed by atoms with van der Waals surface area (Å²) in [6.07, 6.45) is 10.4. The molecule has 0 fully saturated rings. The summed E-state index contributed by atoms with van der Waals surface area (Å²) in [5.41, 5.74) is 37.9. The molecule has 0 amide bonds. The predicted molar refractivity (Wildman–Crippen MR) is 404 cm³/mol. The highest BCUT2D eigenvalue weighted by molar-refractivity contribution is 5.70. The summed E-state index contributed by atoms with van der Waals surface area (Å²) in [4.78, 5) is 0. The first-order chi connectivity index (χ1) is 46.8. The zero-order chi connectivity index (χ0) is 72.7. The molecule has 0 saturated heterocycles. The van der Waals surface area contributed by atoms with Crippen LogP contribution in [0.3, 0.4) is 0 Å². The van der Waals surface area contributed by atoms with Crippen LogP contribution >= 0.6 is 0 Å². The van der Waals surface area contributed by atoms with Gasteiger partial charge in [0.25, 0.3) is 0 Å². The molecule has 0 atom stereocenters. The lowest BCUT2D eigenvalue weighted by molar-refractivity contribution is -0.666. The van der Waals surface area contributed by atoms with Crippen LogP contribution in [0, 0.1) is 125 Å². The van der Waals surface area contributed by atoms with Crippen LogP contribution in [0.15, 0.2) is 219 Å². The van der Waals surface area contributed by atoms with E-state index in [9.17, 15) is 0 Å². The second kappa shape index (κ2) is 33.6. The summed E-state index contributed by atoms with van der Waals surface area (Å²) in [6.45, 7) is 34.4. The smallest absolute Gasteiger partial charge is 0.201 e. The molecule has 0 aliphatic carbocycles. The number of hydrogen-bond donors (Lipinski definition) is 0. The lowest BCUT2D eigenvalue weighted by atomic mass is 9.97. The van der Waals surface area contributed by atoms with Gasteiger partial charge in [-0.2, -0.15) is 4.57 Å². The third-order valence-electron chi connectivity index (χ3n) is 18.5. The van der Waals surface area contributed by atoms with Gasteiger partial charge in [0.05, 0.1) is 11.1 Å². The Bertz CT molecular complexity index is 4330. The Hall–Kier alpha value is -9.78. The van der Waals surface area contributed by atoms with E-state index in [1.165, 1.54) is 145 Å². The van der Waals surface area contributed by atoms with Crippen molar-refractivity contribution in [3.8, 4) is 67.5 Å². The van der Waals surface area contributed by atoms with Crippen molar-refractivity contribution >= 4 is 0 Å². The topological polar surface area (TPSA) is 23.3 Å². The molecule has 0 spiro atoms. The van der Waals surface area contributed by atoms with E-state index in [1.54, 1.807) is 12.1 Å². The van der Waals surface area contributed by atoms with Crippen molar-refractivity contribution in [2.75, 3.05) is 0 Å². The van der Waals surface area contributed by atoms with E-state index in [1.807, 2.05) is 32.3 Å². The summed E-state index contributed by atoms with van der Waals surface area (Å²) >= 11 is 0. The van der Waals surface area contributed by atoms with E-state index >= 15 is 0 Å². The molecule has 0 unspecified atom stereocenters. The zero-order valence-corrected chi connectivity index (χ0v) is 62.0. The summed E-state index contributed by atoms with van der Waals surface area (Å²) < 4.78 is 35.5. The second-order valence-corrected chi connectivity index (χ2v) is 26.3. The minimum absolute atomic E-state index is 0.394. The highest BCUT2D eigenvalue weighted by Crippen LogP contribution is 2.30. The quantitative estimate of drug-likeness (QED) is 0.148. The zero-order valence-electron chi connectivity index (χ0n) is 65.0. The van der Waals surface area contributed by atoms with Gasteiger partial charge in [-0.1, -0.05) is 102 Å². The van der Waals surface area contributed by atoms with Gasteiger partial charge in [-0.15, -0.1) is 0 Å². The lowest BCUT2D eigenvalue weighted by Crippen LogP contribution is -2.34. The van der Waals surface area contributed by atoms with E-state index < -0.39 is 6.85 Å². The molecule has 12 rings (SSSR count). The molecule has 0 N–H and O–H groups in total. The monoisotopic (exact) mass is 1280 g/mol. The molecule has 0 radical (unpaired) electrons. The molecule has 0 aliphatic rings. The largest absolute Gasteiger partial charge is 0.215 e. The van der Waals surface area contributed by atoms with Gasteiger partial charge in [0, 0.05) is 104 Å². The molecule has 6 aromatic heterocycles. The van der Waals surface area contributed by atoms with Crippen molar-refractivity contribution in [2.24, 2.45) is 42.3 Å². The van der Waals surface area contributed by atoms with Crippen LogP contribution in [0.2, 0.25) is 0 Å². The first-order valence-corrected chi connectivity index (χ1v) is 33.5. The minimum atomic E-state index is -2.04. The number of pyridine rings is 6. The Balaban J connectivity index is 0.000000167. The number of hydrogen-bond acceptors (Lipinski definition) is 0. The van der Waals surface area contributed by atoms with E-state index in [0.29, 0.717) is 5.56 Å². The highest BCUT2D eigenvalue weighted by atomic mass is 15.0. The highest BCUT2D eigenvalue weighted by Gasteiger charge is 2.21. The summed E-state index contributed by atoms with van der Waals surface area (Å²) in [5.74, 6) is 0. The average molecular weight is 1280 g/mol. The maximum atomic E-state index is 7.46. The van der Waals surface area contributed by atoms with Crippen molar-refractivity contribution in [1.82, 2.24) is 0 Å². The van der Waals surface area contributed by atoms with E-state index in [2.05, 4.69) is 362 Å². The lowest BCUT2D eigenvalue weighted by Gasteiger charge is -2.09. The van der Waals surface area contributed by atoms with Gasteiger partial charge in [-0.25, -0.2) is 22.8 Å². The summed E-state index contributed by atoms with van der Waals surface area (Å²) in [5, 5.41) is 0. The number of aryl methyl sites for hydroxylation is 22. The van der Waals surface area contributed by atoms with Crippen molar-refractivity contribution in [3.05, 3.63) is 319 Å². The SMILES string of the molecule is Cc1ccc(C)c(-c2c(C)ccc[n+]2C)c1.Cc1ccc(C)c(-c2c(C)ccc[n+]2C)c1.Cc1cccc(-c2cccc(C)[n+]2C)c1C.Cc1cccc(C)c1-c1c(C)ccc[n+]1C.Cc1cccc(C)c1-c1c(C)ccc[n+]1C.[2H]C([2H])([2H])c1ccc(-c2c(C)ccc[n+]2C)c(C)c1. The van der Waals surface area contributed by atoms with Gasteiger partial charge in [0.15, 0.2) is 36.7 Å². The van der Waals surface area contributed by atoms with E-state index in [0.717, 1.165) is 16.8 Å². The first kappa shape index (κ1) is 69.1. The number of aromatic nitrogens is 6.